The fourth-order valence-electron chi connectivity index (χ4n) is 2.60. The SMILES string of the molecule is Cc1cccc(NC(=O)C(C#N)=Cc2ccccc2OCc2cccnc2)c1. The highest BCUT2D eigenvalue weighted by Gasteiger charge is 2.11. The van der Waals surface area contributed by atoms with E-state index in [2.05, 4.69) is 10.3 Å². The van der Waals surface area contributed by atoms with Crippen molar-refractivity contribution in [3.05, 3.63) is 95.3 Å². The molecule has 0 saturated carbocycles. The first-order chi connectivity index (χ1) is 13.7. The molecule has 1 amide bonds. The van der Waals surface area contributed by atoms with Gasteiger partial charge in [-0.2, -0.15) is 5.26 Å². The van der Waals surface area contributed by atoms with Gasteiger partial charge >= 0.3 is 0 Å². The van der Waals surface area contributed by atoms with Gasteiger partial charge in [-0.3, -0.25) is 9.78 Å². The molecule has 0 aliphatic rings. The van der Waals surface area contributed by atoms with Crippen LogP contribution in [0.15, 0.2) is 78.6 Å². The number of aromatic nitrogens is 1. The zero-order valence-electron chi connectivity index (χ0n) is 15.4. The topological polar surface area (TPSA) is 75.0 Å². The van der Waals surface area contributed by atoms with Crippen LogP contribution in [0.5, 0.6) is 5.75 Å². The maximum absolute atomic E-state index is 12.5. The Labute approximate surface area is 163 Å². The molecule has 0 aliphatic heterocycles. The van der Waals surface area contributed by atoms with Crippen LogP contribution in [-0.4, -0.2) is 10.9 Å². The predicted octanol–water partition coefficient (Wildman–Crippen LogP) is 4.51. The smallest absolute Gasteiger partial charge is 0.266 e. The lowest BCUT2D eigenvalue weighted by molar-refractivity contribution is -0.112. The Bertz CT molecular complexity index is 1040. The number of benzene rings is 2. The maximum Gasteiger partial charge on any atom is 0.266 e. The zero-order valence-corrected chi connectivity index (χ0v) is 15.4. The Hall–Kier alpha value is -3.91. The number of pyridine rings is 1. The number of rotatable bonds is 6. The minimum Gasteiger partial charge on any atom is -0.488 e. The molecule has 5 nitrogen and oxygen atoms in total. The van der Waals surface area contributed by atoms with Gasteiger partial charge in [-0.15, -0.1) is 0 Å². The number of aryl methyl sites for hydroxylation is 1. The molecule has 1 N–H and O–H groups in total. The van der Waals surface area contributed by atoms with Gasteiger partial charge in [0.15, 0.2) is 0 Å². The lowest BCUT2D eigenvalue weighted by Crippen LogP contribution is -2.13. The first-order valence-electron chi connectivity index (χ1n) is 8.76. The number of carbonyl (C=O) groups is 1. The van der Waals surface area contributed by atoms with E-state index in [0.29, 0.717) is 23.6 Å². The molecule has 3 aromatic rings. The number of hydrogen-bond acceptors (Lipinski definition) is 4. The van der Waals surface area contributed by atoms with Crippen LogP contribution in [0.2, 0.25) is 0 Å². The second-order valence-electron chi connectivity index (χ2n) is 6.18. The summed E-state index contributed by atoms with van der Waals surface area (Å²) in [6.45, 7) is 2.28. The van der Waals surface area contributed by atoms with Crippen molar-refractivity contribution < 1.29 is 9.53 Å². The van der Waals surface area contributed by atoms with Crippen LogP contribution in [0.3, 0.4) is 0 Å². The van der Waals surface area contributed by atoms with Crippen molar-refractivity contribution in [1.29, 1.82) is 5.26 Å². The highest BCUT2D eigenvalue weighted by Crippen LogP contribution is 2.22. The molecule has 0 aliphatic carbocycles. The Morgan fingerprint density at radius 2 is 2.04 bits per heavy atom. The van der Waals surface area contributed by atoms with E-state index in [1.807, 2.05) is 55.5 Å². The molecule has 1 heterocycles. The second kappa shape index (κ2) is 9.15. The number of amides is 1. The highest BCUT2D eigenvalue weighted by molar-refractivity contribution is 6.09. The van der Waals surface area contributed by atoms with Gasteiger partial charge < -0.3 is 10.1 Å². The monoisotopic (exact) mass is 369 g/mol. The fraction of sp³-hybridized carbons (Fsp3) is 0.0870. The summed E-state index contributed by atoms with van der Waals surface area (Å²) in [5.41, 5.74) is 3.25. The number of hydrogen-bond donors (Lipinski definition) is 1. The van der Waals surface area contributed by atoms with Crippen molar-refractivity contribution >= 4 is 17.7 Å². The lowest BCUT2D eigenvalue weighted by Gasteiger charge is -2.10. The zero-order chi connectivity index (χ0) is 19.8. The molecule has 3 rings (SSSR count). The van der Waals surface area contributed by atoms with Gasteiger partial charge in [0.25, 0.3) is 5.91 Å². The van der Waals surface area contributed by atoms with Gasteiger partial charge in [0.1, 0.15) is 24.0 Å². The average Bonchev–Trinajstić information content (AvgIpc) is 2.72. The predicted molar refractivity (Wildman–Crippen MR) is 108 cm³/mol. The van der Waals surface area contributed by atoms with E-state index in [1.165, 1.54) is 6.08 Å². The molecule has 5 heteroatoms. The summed E-state index contributed by atoms with van der Waals surface area (Å²) >= 11 is 0. The minimum absolute atomic E-state index is 0.000987. The third-order valence-corrected chi connectivity index (χ3v) is 3.98. The Morgan fingerprint density at radius 3 is 2.79 bits per heavy atom. The second-order valence-corrected chi connectivity index (χ2v) is 6.18. The Morgan fingerprint density at radius 1 is 1.18 bits per heavy atom. The van der Waals surface area contributed by atoms with Crippen LogP contribution in [0.1, 0.15) is 16.7 Å². The van der Waals surface area contributed by atoms with Crippen molar-refractivity contribution in [1.82, 2.24) is 4.98 Å². The summed E-state index contributed by atoms with van der Waals surface area (Å²) < 4.78 is 5.86. The number of nitriles is 1. The van der Waals surface area contributed by atoms with Gasteiger partial charge in [-0.1, -0.05) is 36.4 Å². The van der Waals surface area contributed by atoms with Crippen molar-refractivity contribution in [2.24, 2.45) is 0 Å². The fourth-order valence-corrected chi connectivity index (χ4v) is 2.60. The van der Waals surface area contributed by atoms with E-state index < -0.39 is 5.91 Å². The van der Waals surface area contributed by atoms with Gasteiger partial charge in [-0.25, -0.2) is 0 Å². The van der Waals surface area contributed by atoms with Crippen LogP contribution in [0.25, 0.3) is 6.08 Å². The molecular weight excluding hydrogens is 350 g/mol. The first kappa shape index (κ1) is 18.9. The highest BCUT2D eigenvalue weighted by atomic mass is 16.5. The van der Waals surface area contributed by atoms with Crippen molar-refractivity contribution in [3.63, 3.8) is 0 Å². The molecule has 28 heavy (non-hydrogen) atoms. The van der Waals surface area contributed by atoms with Crippen LogP contribution in [0.4, 0.5) is 5.69 Å². The molecule has 0 radical (unpaired) electrons. The van der Waals surface area contributed by atoms with Crippen LogP contribution in [-0.2, 0) is 11.4 Å². The molecule has 138 valence electrons. The summed E-state index contributed by atoms with van der Waals surface area (Å²) in [6.07, 6.45) is 4.96. The van der Waals surface area contributed by atoms with Crippen LogP contribution >= 0.6 is 0 Å². The molecule has 0 bridgehead atoms. The number of para-hydroxylation sites is 1. The summed E-state index contributed by atoms with van der Waals surface area (Å²) in [7, 11) is 0. The van der Waals surface area contributed by atoms with Crippen molar-refractivity contribution in [2.45, 2.75) is 13.5 Å². The van der Waals surface area contributed by atoms with E-state index in [1.54, 1.807) is 30.6 Å². The number of carbonyl (C=O) groups excluding carboxylic acids is 1. The van der Waals surface area contributed by atoms with Crippen molar-refractivity contribution in [3.8, 4) is 11.8 Å². The molecule has 0 spiro atoms. The van der Waals surface area contributed by atoms with E-state index in [-0.39, 0.29) is 5.57 Å². The molecule has 0 unspecified atom stereocenters. The quantitative estimate of drug-likeness (QED) is 0.512. The van der Waals surface area contributed by atoms with Gasteiger partial charge in [0, 0.05) is 29.2 Å². The summed E-state index contributed by atoms with van der Waals surface area (Å²) in [6, 6.07) is 20.4. The van der Waals surface area contributed by atoms with E-state index in [0.717, 1.165) is 11.1 Å². The van der Waals surface area contributed by atoms with Crippen LogP contribution < -0.4 is 10.1 Å². The van der Waals surface area contributed by atoms with E-state index in [4.69, 9.17) is 4.74 Å². The molecular formula is C23H19N3O2. The summed E-state index contributed by atoms with van der Waals surface area (Å²) in [5.74, 6) is 0.123. The largest absolute Gasteiger partial charge is 0.488 e. The number of ether oxygens (including phenoxy) is 1. The van der Waals surface area contributed by atoms with E-state index >= 15 is 0 Å². The molecule has 2 aromatic carbocycles. The first-order valence-corrected chi connectivity index (χ1v) is 8.76. The standard InChI is InChI=1S/C23H19N3O2/c1-17-6-4-9-21(12-17)26-23(27)20(14-24)13-19-8-2-3-10-22(19)28-16-18-7-5-11-25-15-18/h2-13,15H,16H2,1H3,(H,26,27). The van der Waals surface area contributed by atoms with Gasteiger partial charge in [-0.05, 0) is 42.8 Å². The number of anilines is 1. The van der Waals surface area contributed by atoms with Crippen LogP contribution in [0, 0.1) is 18.3 Å². The van der Waals surface area contributed by atoms with Crippen molar-refractivity contribution in [2.75, 3.05) is 5.32 Å². The van der Waals surface area contributed by atoms with Gasteiger partial charge in [0.05, 0.1) is 0 Å². The Kier molecular flexibility index (Phi) is 6.17. The normalized spacial score (nSPS) is 10.8. The third-order valence-electron chi connectivity index (χ3n) is 3.98. The van der Waals surface area contributed by atoms with E-state index in [9.17, 15) is 10.1 Å². The lowest BCUT2D eigenvalue weighted by atomic mass is 10.1. The Balaban J connectivity index is 1.78. The summed E-state index contributed by atoms with van der Waals surface area (Å²) in [5, 5.41) is 12.2. The molecule has 0 atom stereocenters. The third kappa shape index (κ3) is 5.05. The molecule has 0 saturated heterocycles. The molecule has 0 fully saturated rings. The summed E-state index contributed by atoms with van der Waals surface area (Å²) in [4.78, 5) is 16.6. The number of nitrogens with zero attached hydrogens (tertiary/aromatic N) is 2. The van der Waals surface area contributed by atoms with Gasteiger partial charge in [0.2, 0.25) is 0 Å². The average molecular weight is 369 g/mol. The number of nitrogens with one attached hydrogen (secondary N) is 1. The molecule has 1 aromatic heterocycles. The minimum atomic E-state index is -0.463. The maximum atomic E-state index is 12.5.